The van der Waals surface area contributed by atoms with Gasteiger partial charge in [-0.15, -0.1) is 0 Å². The van der Waals surface area contributed by atoms with E-state index in [-0.39, 0.29) is 5.97 Å². The number of para-hydroxylation sites is 2. The number of hydrogen-bond acceptors (Lipinski definition) is 6. The van der Waals surface area contributed by atoms with Crippen LogP contribution in [0.2, 0.25) is 5.02 Å². The van der Waals surface area contributed by atoms with Crippen molar-refractivity contribution in [2.75, 3.05) is 38.2 Å². The standard InChI is InChI=1S/C21H21ClN4O2/c1-28-21(27)20(15-6-8-16(22)9-7-15)26-12-10-25(11-13-26)19-14-23-17-4-2-3-5-18(17)24-19/h2-9,14,20H,10-13H2,1H3. The first-order valence-electron chi connectivity index (χ1n) is 9.20. The summed E-state index contributed by atoms with van der Waals surface area (Å²) >= 11 is 5.99. The number of carbonyl (C=O) groups excluding carboxylic acids is 1. The van der Waals surface area contributed by atoms with Crippen molar-refractivity contribution in [3.05, 3.63) is 65.3 Å². The lowest BCUT2D eigenvalue weighted by atomic mass is 10.0. The molecule has 1 fully saturated rings. The number of methoxy groups -OCH3 is 1. The Bertz CT molecular complexity index is 972. The fourth-order valence-electron chi connectivity index (χ4n) is 3.56. The van der Waals surface area contributed by atoms with Gasteiger partial charge in [0.25, 0.3) is 0 Å². The Kier molecular flexibility index (Phi) is 5.41. The van der Waals surface area contributed by atoms with Crippen LogP contribution in [0.25, 0.3) is 11.0 Å². The summed E-state index contributed by atoms with van der Waals surface area (Å²) < 4.78 is 5.06. The molecule has 2 heterocycles. The number of aromatic nitrogens is 2. The van der Waals surface area contributed by atoms with E-state index in [9.17, 15) is 4.79 Å². The number of hydrogen-bond donors (Lipinski definition) is 0. The van der Waals surface area contributed by atoms with E-state index in [1.165, 1.54) is 7.11 Å². The maximum Gasteiger partial charge on any atom is 0.327 e. The van der Waals surface area contributed by atoms with E-state index in [0.717, 1.165) is 48.6 Å². The van der Waals surface area contributed by atoms with Gasteiger partial charge in [-0.3, -0.25) is 9.88 Å². The average molecular weight is 397 g/mol. The highest BCUT2D eigenvalue weighted by Gasteiger charge is 2.31. The van der Waals surface area contributed by atoms with Crippen molar-refractivity contribution in [3.8, 4) is 0 Å². The molecule has 0 aliphatic carbocycles. The van der Waals surface area contributed by atoms with Crippen LogP contribution in [0.4, 0.5) is 5.82 Å². The van der Waals surface area contributed by atoms with Gasteiger partial charge < -0.3 is 9.64 Å². The summed E-state index contributed by atoms with van der Waals surface area (Å²) in [6, 6.07) is 14.8. The van der Waals surface area contributed by atoms with Gasteiger partial charge in [0.1, 0.15) is 11.9 Å². The zero-order valence-corrected chi connectivity index (χ0v) is 16.3. The summed E-state index contributed by atoms with van der Waals surface area (Å²) in [5.74, 6) is 0.598. The molecule has 1 aliphatic rings. The molecule has 7 heteroatoms. The Morgan fingerprint density at radius 3 is 2.39 bits per heavy atom. The van der Waals surface area contributed by atoms with E-state index in [2.05, 4.69) is 14.8 Å². The van der Waals surface area contributed by atoms with Gasteiger partial charge in [0.2, 0.25) is 0 Å². The number of nitrogens with zero attached hydrogens (tertiary/aromatic N) is 4. The number of ether oxygens (including phenoxy) is 1. The van der Waals surface area contributed by atoms with Crippen LogP contribution in [0.15, 0.2) is 54.7 Å². The predicted molar refractivity (Wildman–Crippen MR) is 110 cm³/mol. The highest BCUT2D eigenvalue weighted by molar-refractivity contribution is 6.30. The van der Waals surface area contributed by atoms with E-state index in [0.29, 0.717) is 5.02 Å². The first-order chi connectivity index (χ1) is 13.7. The van der Waals surface area contributed by atoms with Crippen LogP contribution in [0.3, 0.4) is 0 Å². The van der Waals surface area contributed by atoms with Gasteiger partial charge in [-0.2, -0.15) is 0 Å². The first kappa shape index (κ1) is 18.7. The van der Waals surface area contributed by atoms with Crippen LogP contribution in [0.5, 0.6) is 0 Å². The topological polar surface area (TPSA) is 58.6 Å². The van der Waals surface area contributed by atoms with Crippen LogP contribution in [0.1, 0.15) is 11.6 Å². The van der Waals surface area contributed by atoms with Crippen LogP contribution in [0, 0.1) is 0 Å². The van der Waals surface area contributed by atoms with E-state index >= 15 is 0 Å². The van der Waals surface area contributed by atoms with Crippen LogP contribution in [-0.2, 0) is 9.53 Å². The van der Waals surface area contributed by atoms with Crippen molar-refractivity contribution in [1.29, 1.82) is 0 Å². The third-order valence-corrected chi connectivity index (χ3v) is 5.30. The molecular weight excluding hydrogens is 376 g/mol. The second-order valence-electron chi connectivity index (χ2n) is 6.72. The summed E-state index contributed by atoms with van der Waals surface area (Å²) in [6.45, 7) is 2.95. The molecule has 0 saturated carbocycles. The van der Waals surface area contributed by atoms with Gasteiger partial charge >= 0.3 is 5.97 Å². The minimum absolute atomic E-state index is 0.263. The summed E-state index contributed by atoms with van der Waals surface area (Å²) in [5.41, 5.74) is 2.66. The third-order valence-electron chi connectivity index (χ3n) is 5.05. The molecule has 28 heavy (non-hydrogen) atoms. The second-order valence-corrected chi connectivity index (χ2v) is 7.15. The number of halogens is 1. The second kappa shape index (κ2) is 8.12. The van der Waals surface area contributed by atoms with Crippen molar-refractivity contribution in [2.24, 2.45) is 0 Å². The minimum atomic E-state index is -0.438. The fraction of sp³-hybridized carbons (Fsp3) is 0.286. The quantitative estimate of drug-likeness (QED) is 0.630. The van der Waals surface area contributed by atoms with E-state index in [4.69, 9.17) is 21.3 Å². The van der Waals surface area contributed by atoms with Gasteiger partial charge in [0.15, 0.2) is 0 Å². The third kappa shape index (κ3) is 3.79. The number of piperazine rings is 1. The van der Waals surface area contributed by atoms with Crippen molar-refractivity contribution in [1.82, 2.24) is 14.9 Å². The van der Waals surface area contributed by atoms with Crippen molar-refractivity contribution >= 4 is 34.4 Å². The molecule has 2 aromatic carbocycles. The lowest BCUT2D eigenvalue weighted by Crippen LogP contribution is -2.49. The molecule has 0 N–H and O–H groups in total. The highest BCUT2D eigenvalue weighted by Crippen LogP contribution is 2.26. The largest absolute Gasteiger partial charge is 0.468 e. The van der Waals surface area contributed by atoms with E-state index in [1.807, 2.05) is 42.6 Å². The molecule has 1 atom stereocenters. The number of fused-ring (bicyclic) bond motifs is 1. The molecule has 1 aliphatic heterocycles. The average Bonchev–Trinajstić information content (AvgIpc) is 2.75. The van der Waals surface area contributed by atoms with Crippen molar-refractivity contribution < 1.29 is 9.53 Å². The predicted octanol–water partition coefficient (Wildman–Crippen LogP) is 3.32. The molecule has 144 valence electrons. The maximum atomic E-state index is 12.5. The highest BCUT2D eigenvalue weighted by atomic mass is 35.5. The van der Waals surface area contributed by atoms with Crippen molar-refractivity contribution in [2.45, 2.75) is 6.04 Å². The molecule has 0 radical (unpaired) electrons. The van der Waals surface area contributed by atoms with Crippen LogP contribution in [-0.4, -0.2) is 54.1 Å². The maximum absolute atomic E-state index is 12.5. The lowest BCUT2D eigenvalue weighted by molar-refractivity contribution is -0.147. The fourth-order valence-corrected chi connectivity index (χ4v) is 3.69. The zero-order valence-electron chi connectivity index (χ0n) is 15.6. The molecule has 1 saturated heterocycles. The van der Waals surface area contributed by atoms with Gasteiger partial charge in [-0.1, -0.05) is 35.9 Å². The summed E-state index contributed by atoms with van der Waals surface area (Å²) in [4.78, 5) is 26.0. The molecule has 4 rings (SSSR count). The Morgan fingerprint density at radius 1 is 1.04 bits per heavy atom. The number of rotatable bonds is 4. The van der Waals surface area contributed by atoms with E-state index in [1.54, 1.807) is 12.1 Å². The van der Waals surface area contributed by atoms with Crippen LogP contribution >= 0.6 is 11.6 Å². The summed E-state index contributed by atoms with van der Waals surface area (Å²) in [5, 5.41) is 0.645. The molecule has 0 spiro atoms. The van der Waals surface area contributed by atoms with Crippen molar-refractivity contribution in [3.63, 3.8) is 0 Å². The summed E-state index contributed by atoms with van der Waals surface area (Å²) in [7, 11) is 1.42. The molecule has 3 aromatic rings. The Hall–Kier alpha value is -2.70. The monoisotopic (exact) mass is 396 g/mol. The Balaban J connectivity index is 1.50. The Labute approximate surface area is 168 Å². The molecular formula is C21H21ClN4O2. The van der Waals surface area contributed by atoms with Gasteiger partial charge in [-0.05, 0) is 29.8 Å². The lowest BCUT2D eigenvalue weighted by Gasteiger charge is -2.38. The molecule has 6 nitrogen and oxygen atoms in total. The molecule has 0 amide bonds. The van der Waals surface area contributed by atoms with Crippen LogP contribution < -0.4 is 4.90 Å². The number of esters is 1. The molecule has 1 aromatic heterocycles. The number of anilines is 1. The van der Waals surface area contributed by atoms with E-state index < -0.39 is 6.04 Å². The smallest absolute Gasteiger partial charge is 0.327 e. The molecule has 0 bridgehead atoms. The normalized spacial score (nSPS) is 16.1. The minimum Gasteiger partial charge on any atom is -0.468 e. The van der Waals surface area contributed by atoms with Gasteiger partial charge in [-0.25, -0.2) is 9.78 Å². The SMILES string of the molecule is COC(=O)C(c1ccc(Cl)cc1)N1CCN(c2cnc3ccccc3n2)CC1. The first-order valence-corrected chi connectivity index (χ1v) is 9.57. The van der Waals surface area contributed by atoms with Gasteiger partial charge in [0, 0.05) is 31.2 Å². The zero-order chi connectivity index (χ0) is 19.5. The van der Waals surface area contributed by atoms with Gasteiger partial charge in [0.05, 0.1) is 24.3 Å². The number of carbonyl (C=O) groups is 1. The molecule has 1 unspecified atom stereocenters. The Morgan fingerprint density at radius 2 is 1.71 bits per heavy atom. The number of benzene rings is 2. The summed E-state index contributed by atoms with van der Waals surface area (Å²) in [6.07, 6.45) is 1.81.